The van der Waals surface area contributed by atoms with E-state index < -0.39 is 10.0 Å². The molecule has 6 heteroatoms. The number of nitrogens with one attached hydrogen (secondary N) is 1. The number of rotatable bonds is 5. The molecule has 0 bridgehead atoms. The van der Waals surface area contributed by atoms with E-state index in [0.717, 1.165) is 17.7 Å². The second kappa shape index (κ2) is 5.16. The van der Waals surface area contributed by atoms with Crippen molar-refractivity contribution < 1.29 is 8.42 Å². The van der Waals surface area contributed by atoms with Gasteiger partial charge >= 0.3 is 0 Å². The van der Waals surface area contributed by atoms with Crippen LogP contribution >= 0.6 is 11.3 Å². The van der Waals surface area contributed by atoms with Crippen LogP contribution in [0, 0.1) is 5.92 Å². The van der Waals surface area contributed by atoms with Crippen molar-refractivity contribution in [3.05, 3.63) is 17.0 Å². The van der Waals surface area contributed by atoms with Crippen LogP contribution in [-0.4, -0.2) is 21.0 Å². The smallest absolute Gasteiger partial charge is 0.250 e. The highest BCUT2D eigenvalue weighted by atomic mass is 32.2. The van der Waals surface area contributed by atoms with Crippen LogP contribution in [0.2, 0.25) is 0 Å². The molecule has 1 saturated carbocycles. The molecule has 4 nitrogen and oxygen atoms in total. The fraction of sp³-hybridized carbons (Fsp3) is 0.692. The van der Waals surface area contributed by atoms with E-state index in [1.54, 1.807) is 6.07 Å². The van der Waals surface area contributed by atoms with Gasteiger partial charge in [0.1, 0.15) is 4.21 Å². The number of hydrogen-bond acceptors (Lipinski definition) is 4. The quantitative estimate of drug-likeness (QED) is 0.874. The predicted molar refractivity (Wildman–Crippen MR) is 78.9 cm³/mol. The Labute approximate surface area is 119 Å². The van der Waals surface area contributed by atoms with Crippen molar-refractivity contribution in [2.45, 2.75) is 49.3 Å². The van der Waals surface area contributed by atoms with Gasteiger partial charge in [0.2, 0.25) is 10.0 Å². The van der Waals surface area contributed by atoms with Crippen molar-refractivity contribution in [3.8, 4) is 0 Å². The van der Waals surface area contributed by atoms with Crippen LogP contribution in [0.25, 0.3) is 0 Å². The normalized spacial score (nSPS) is 18.5. The Morgan fingerprint density at radius 1 is 1.42 bits per heavy atom. The predicted octanol–water partition coefficient (Wildman–Crippen LogP) is 2.06. The number of sulfonamides is 1. The van der Waals surface area contributed by atoms with Gasteiger partial charge in [-0.25, -0.2) is 13.1 Å². The monoisotopic (exact) mass is 302 g/mol. The molecule has 0 saturated heterocycles. The van der Waals surface area contributed by atoms with E-state index in [-0.39, 0.29) is 11.5 Å². The van der Waals surface area contributed by atoms with Gasteiger partial charge in [-0.1, -0.05) is 20.8 Å². The highest BCUT2D eigenvalue weighted by molar-refractivity contribution is 7.91. The second-order valence-electron chi connectivity index (χ2n) is 6.22. The Morgan fingerprint density at radius 2 is 2.05 bits per heavy atom. The molecule has 0 aromatic carbocycles. The summed E-state index contributed by atoms with van der Waals surface area (Å²) in [4.78, 5) is 1.07. The molecule has 0 spiro atoms. The highest BCUT2D eigenvalue weighted by Gasteiger charge is 2.30. The van der Waals surface area contributed by atoms with Crippen LogP contribution in [0.15, 0.2) is 16.3 Å². The summed E-state index contributed by atoms with van der Waals surface area (Å²) in [5, 5.41) is 0. The number of hydrogen-bond donors (Lipinski definition) is 2. The first-order valence-corrected chi connectivity index (χ1v) is 8.86. The summed E-state index contributed by atoms with van der Waals surface area (Å²) >= 11 is 1.33. The van der Waals surface area contributed by atoms with E-state index in [1.807, 2.05) is 6.07 Å². The molecular weight excluding hydrogens is 280 g/mol. The van der Waals surface area contributed by atoms with Crippen LogP contribution < -0.4 is 10.5 Å². The Hall–Kier alpha value is -0.430. The van der Waals surface area contributed by atoms with E-state index in [4.69, 9.17) is 5.73 Å². The summed E-state index contributed by atoms with van der Waals surface area (Å²) in [6.07, 6.45) is 2.24. The summed E-state index contributed by atoms with van der Waals surface area (Å²) in [7, 11) is -3.41. The summed E-state index contributed by atoms with van der Waals surface area (Å²) in [6.45, 7) is 6.55. The molecule has 1 aliphatic rings. The molecule has 1 unspecified atom stereocenters. The summed E-state index contributed by atoms with van der Waals surface area (Å²) in [6, 6.07) is 3.51. The maximum atomic E-state index is 12.2. The minimum atomic E-state index is -3.41. The van der Waals surface area contributed by atoms with Crippen LogP contribution in [0.5, 0.6) is 0 Å². The lowest BCUT2D eigenvalue weighted by atomic mass is 9.95. The van der Waals surface area contributed by atoms with Gasteiger partial charge in [-0.15, -0.1) is 11.3 Å². The molecule has 0 amide bonds. The molecule has 2 rings (SSSR count). The largest absolute Gasteiger partial charge is 0.326 e. The van der Waals surface area contributed by atoms with Crippen molar-refractivity contribution in [2.24, 2.45) is 11.7 Å². The first-order valence-electron chi connectivity index (χ1n) is 6.56. The number of nitrogens with two attached hydrogens (primary N) is 1. The zero-order valence-corrected chi connectivity index (χ0v) is 13.3. The lowest BCUT2D eigenvalue weighted by Crippen LogP contribution is -2.38. The fourth-order valence-electron chi connectivity index (χ4n) is 1.84. The van der Waals surface area contributed by atoms with Crippen molar-refractivity contribution in [3.63, 3.8) is 0 Å². The van der Waals surface area contributed by atoms with Crippen molar-refractivity contribution in [1.82, 2.24) is 4.72 Å². The third-order valence-corrected chi connectivity index (χ3v) is 6.75. The zero-order valence-electron chi connectivity index (χ0n) is 11.6. The van der Waals surface area contributed by atoms with E-state index in [1.165, 1.54) is 11.3 Å². The van der Waals surface area contributed by atoms with Crippen molar-refractivity contribution >= 4 is 21.4 Å². The minimum Gasteiger partial charge on any atom is -0.326 e. The average Bonchev–Trinajstić information content (AvgIpc) is 3.00. The number of thiophene rings is 1. The summed E-state index contributed by atoms with van der Waals surface area (Å²) in [5.41, 5.74) is 5.89. The van der Waals surface area contributed by atoms with E-state index >= 15 is 0 Å². The molecule has 19 heavy (non-hydrogen) atoms. The molecule has 0 aliphatic heterocycles. The maximum Gasteiger partial charge on any atom is 0.250 e. The first-order chi connectivity index (χ1) is 8.70. The SMILES string of the molecule is CC(C)(C)c1ccc(S(=O)(=O)NCC(N)C2CC2)s1. The molecule has 3 N–H and O–H groups in total. The van der Waals surface area contributed by atoms with E-state index in [2.05, 4.69) is 25.5 Å². The van der Waals surface area contributed by atoms with Gasteiger partial charge < -0.3 is 5.73 Å². The Bertz CT molecular complexity index is 539. The van der Waals surface area contributed by atoms with Gasteiger partial charge in [-0.05, 0) is 36.3 Å². The third-order valence-electron chi connectivity index (χ3n) is 3.32. The van der Waals surface area contributed by atoms with E-state index in [0.29, 0.717) is 16.7 Å². The Morgan fingerprint density at radius 3 is 2.53 bits per heavy atom. The van der Waals surface area contributed by atoms with Gasteiger partial charge in [0, 0.05) is 17.5 Å². The summed E-state index contributed by atoms with van der Waals surface area (Å²) < 4.78 is 27.3. The van der Waals surface area contributed by atoms with E-state index in [9.17, 15) is 8.42 Å². The Balaban J connectivity index is 2.04. The molecule has 1 fully saturated rings. The van der Waals surface area contributed by atoms with Gasteiger partial charge in [0.15, 0.2) is 0 Å². The van der Waals surface area contributed by atoms with Crippen LogP contribution in [0.1, 0.15) is 38.5 Å². The topological polar surface area (TPSA) is 72.2 Å². The van der Waals surface area contributed by atoms with Crippen molar-refractivity contribution in [1.29, 1.82) is 0 Å². The van der Waals surface area contributed by atoms with Crippen LogP contribution in [-0.2, 0) is 15.4 Å². The first kappa shape index (κ1) is 15.0. The molecule has 1 aromatic rings. The van der Waals surface area contributed by atoms with Gasteiger partial charge in [-0.2, -0.15) is 0 Å². The third kappa shape index (κ3) is 3.78. The fourth-order valence-corrected chi connectivity index (χ4v) is 4.32. The van der Waals surface area contributed by atoms with Crippen molar-refractivity contribution in [2.75, 3.05) is 6.54 Å². The lowest BCUT2D eigenvalue weighted by Gasteiger charge is -2.15. The summed E-state index contributed by atoms with van der Waals surface area (Å²) in [5.74, 6) is 0.496. The molecule has 1 heterocycles. The second-order valence-corrected chi connectivity index (χ2v) is 9.30. The Kier molecular flexibility index (Phi) is 4.07. The van der Waals surface area contributed by atoms with Gasteiger partial charge in [0.25, 0.3) is 0 Å². The molecule has 108 valence electrons. The molecule has 1 atom stereocenters. The molecule has 1 aromatic heterocycles. The van der Waals surface area contributed by atoms with Gasteiger partial charge in [0.05, 0.1) is 0 Å². The lowest BCUT2D eigenvalue weighted by molar-refractivity contribution is 0.549. The van der Waals surface area contributed by atoms with Crippen LogP contribution in [0.4, 0.5) is 0 Å². The van der Waals surface area contributed by atoms with Gasteiger partial charge in [-0.3, -0.25) is 0 Å². The molecular formula is C13H22N2O2S2. The minimum absolute atomic E-state index is 0.0249. The standard InChI is InChI=1S/C13H22N2O2S2/c1-13(2,3)11-6-7-12(18-11)19(16,17)15-8-10(14)9-4-5-9/h6-7,9-10,15H,4-5,8,14H2,1-3H3. The van der Waals surface area contributed by atoms with Crippen LogP contribution in [0.3, 0.4) is 0 Å². The zero-order chi connectivity index (χ0) is 14.3. The average molecular weight is 302 g/mol. The maximum absolute atomic E-state index is 12.2. The highest BCUT2D eigenvalue weighted by Crippen LogP contribution is 2.33. The molecule has 1 aliphatic carbocycles. The molecule has 0 radical (unpaired) electrons.